The van der Waals surface area contributed by atoms with Crippen molar-refractivity contribution in [2.24, 2.45) is 22.0 Å². The number of hydrazone groups is 2. The van der Waals surface area contributed by atoms with Crippen LogP contribution in [0.25, 0.3) is 0 Å². The predicted octanol–water partition coefficient (Wildman–Crippen LogP) is 7.45. The van der Waals surface area contributed by atoms with Crippen molar-refractivity contribution in [1.29, 1.82) is 0 Å². The summed E-state index contributed by atoms with van der Waals surface area (Å²) in [6, 6.07) is 15.0. The molecule has 4 amide bonds. The Morgan fingerprint density at radius 1 is 0.542 bits per heavy atom. The van der Waals surface area contributed by atoms with Gasteiger partial charge in [0.05, 0.1) is 11.4 Å². The number of carbonyl (C=O) groups excluding carboxylic acids is 4. The van der Waals surface area contributed by atoms with E-state index in [1.165, 1.54) is 12.8 Å². The zero-order valence-electron chi connectivity index (χ0n) is 28.6. The summed E-state index contributed by atoms with van der Waals surface area (Å²) in [5, 5.41) is 14.5. The van der Waals surface area contributed by atoms with E-state index < -0.39 is 0 Å². The van der Waals surface area contributed by atoms with Crippen LogP contribution in [0, 0.1) is 11.8 Å². The zero-order valence-corrected chi connectivity index (χ0v) is 28.6. The van der Waals surface area contributed by atoms with Crippen LogP contribution in [0.5, 0.6) is 0 Å². The van der Waals surface area contributed by atoms with Crippen LogP contribution in [0.2, 0.25) is 0 Å². The number of unbranched alkanes of at least 4 members (excludes halogenated alkanes) is 3. The molecule has 2 fully saturated rings. The third-order valence-electron chi connectivity index (χ3n) is 9.35. The molecule has 48 heavy (non-hydrogen) atoms. The molecule has 2 aliphatic rings. The minimum Gasteiger partial charge on any atom is -0.326 e. The molecule has 4 N–H and O–H groups in total. The normalized spacial score (nSPS) is 16.2. The predicted molar refractivity (Wildman–Crippen MR) is 192 cm³/mol. The molecule has 2 aliphatic carbocycles. The molecule has 0 unspecified atom stereocenters. The van der Waals surface area contributed by atoms with Gasteiger partial charge in [-0.3, -0.25) is 19.2 Å². The summed E-state index contributed by atoms with van der Waals surface area (Å²) in [4.78, 5) is 49.5. The zero-order chi connectivity index (χ0) is 34.1. The lowest BCUT2D eigenvalue weighted by atomic mass is 9.88. The molecule has 4 rings (SSSR count). The maximum atomic E-state index is 12.5. The average molecular weight is 657 g/mol. The van der Waals surface area contributed by atoms with Gasteiger partial charge in [0.1, 0.15) is 0 Å². The summed E-state index contributed by atoms with van der Waals surface area (Å²) in [6.45, 7) is 3.67. The standard InChI is InChI=1S/C38H52N6O4/c1-27(29-19-23-33(24-20-29)39-37(47)31-13-7-5-8-14-31)41-43-35(45)17-11-3-4-12-18-36(46)44-42-28(2)30-21-25-34(26-22-30)40-38(48)32-15-9-6-10-16-32/h19-26,31-32H,3-18H2,1-2H3,(H,39,47)(H,40,48)(H,43,45)(H,44,46). The maximum Gasteiger partial charge on any atom is 0.240 e. The van der Waals surface area contributed by atoms with E-state index in [1.54, 1.807) is 0 Å². The lowest BCUT2D eigenvalue weighted by Crippen LogP contribution is -2.24. The number of rotatable bonds is 15. The summed E-state index contributed by atoms with van der Waals surface area (Å²) in [5.41, 5.74) is 9.91. The van der Waals surface area contributed by atoms with Crippen LogP contribution in [0.1, 0.15) is 128 Å². The Kier molecular flexibility index (Phi) is 14.8. The molecule has 0 heterocycles. The first kappa shape index (κ1) is 36.5. The number of benzene rings is 2. The van der Waals surface area contributed by atoms with Crippen LogP contribution in [0.3, 0.4) is 0 Å². The smallest absolute Gasteiger partial charge is 0.240 e. The summed E-state index contributed by atoms with van der Waals surface area (Å²) >= 11 is 0. The molecule has 0 spiro atoms. The van der Waals surface area contributed by atoms with Crippen LogP contribution in [0.4, 0.5) is 11.4 Å². The molecule has 0 atom stereocenters. The Morgan fingerprint density at radius 3 is 1.25 bits per heavy atom. The van der Waals surface area contributed by atoms with Gasteiger partial charge in [0.2, 0.25) is 23.6 Å². The van der Waals surface area contributed by atoms with Crippen molar-refractivity contribution in [2.75, 3.05) is 10.6 Å². The molecule has 0 bridgehead atoms. The molecule has 0 aliphatic heterocycles. The average Bonchev–Trinajstić information content (AvgIpc) is 3.12. The quantitative estimate of drug-likeness (QED) is 0.0898. The number of hydrogen-bond acceptors (Lipinski definition) is 6. The van der Waals surface area contributed by atoms with Crippen molar-refractivity contribution in [3.8, 4) is 0 Å². The summed E-state index contributed by atoms with van der Waals surface area (Å²) in [7, 11) is 0. The van der Waals surface area contributed by atoms with Gasteiger partial charge in [-0.2, -0.15) is 10.2 Å². The first-order chi connectivity index (χ1) is 23.3. The molecule has 258 valence electrons. The van der Waals surface area contributed by atoms with Crippen molar-refractivity contribution < 1.29 is 19.2 Å². The van der Waals surface area contributed by atoms with E-state index in [0.29, 0.717) is 37.1 Å². The van der Waals surface area contributed by atoms with Crippen molar-refractivity contribution in [1.82, 2.24) is 10.9 Å². The van der Waals surface area contributed by atoms with Gasteiger partial charge in [-0.25, -0.2) is 10.9 Å². The van der Waals surface area contributed by atoms with Gasteiger partial charge >= 0.3 is 0 Å². The van der Waals surface area contributed by atoms with E-state index in [4.69, 9.17) is 0 Å². The van der Waals surface area contributed by atoms with Crippen molar-refractivity contribution in [3.05, 3.63) is 59.7 Å². The second-order valence-electron chi connectivity index (χ2n) is 13.2. The van der Waals surface area contributed by atoms with Crippen molar-refractivity contribution >= 4 is 46.4 Å². The summed E-state index contributed by atoms with van der Waals surface area (Å²) in [5.74, 6) is 0.115. The topological polar surface area (TPSA) is 141 Å². The van der Waals surface area contributed by atoms with Crippen molar-refractivity contribution in [3.63, 3.8) is 0 Å². The highest BCUT2D eigenvalue weighted by atomic mass is 16.2. The van der Waals surface area contributed by atoms with Crippen LogP contribution in [0.15, 0.2) is 58.7 Å². The molecule has 0 saturated heterocycles. The maximum absolute atomic E-state index is 12.5. The third kappa shape index (κ3) is 12.4. The first-order valence-corrected chi connectivity index (χ1v) is 17.8. The number of carbonyl (C=O) groups is 4. The molecular weight excluding hydrogens is 604 g/mol. The van der Waals surface area contributed by atoms with Gasteiger partial charge < -0.3 is 10.6 Å². The Bertz CT molecular complexity index is 1310. The van der Waals surface area contributed by atoms with Crippen LogP contribution in [-0.2, 0) is 19.2 Å². The Labute approximate surface area is 285 Å². The Morgan fingerprint density at radius 2 is 0.896 bits per heavy atom. The van der Waals surface area contributed by atoms with Gasteiger partial charge in [-0.1, -0.05) is 75.6 Å². The summed E-state index contributed by atoms with van der Waals surface area (Å²) < 4.78 is 0. The number of nitrogens with zero attached hydrogens (tertiary/aromatic N) is 2. The fourth-order valence-corrected chi connectivity index (χ4v) is 6.27. The van der Waals surface area contributed by atoms with Crippen LogP contribution in [-0.4, -0.2) is 35.1 Å². The lowest BCUT2D eigenvalue weighted by Gasteiger charge is -2.20. The third-order valence-corrected chi connectivity index (χ3v) is 9.35. The van der Waals surface area contributed by atoms with E-state index in [0.717, 1.165) is 86.7 Å². The fraction of sp³-hybridized carbons (Fsp3) is 0.526. The van der Waals surface area contributed by atoms with E-state index in [-0.39, 0.29) is 35.5 Å². The SMILES string of the molecule is CC(=NNC(=O)CCCCCCC(=O)NN=C(C)c1ccc(NC(=O)C2CCCCC2)cc1)c1ccc(NC(=O)C2CCCCC2)cc1. The number of nitrogens with one attached hydrogen (secondary N) is 4. The highest BCUT2D eigenvalue weighted by molar-refractivity contribution is 6.01. The number of anilines is 2. The molecule has 10 nitrogen and oxygen atoms in total. The van der Waals surface area contributed by atoms with Gasteiger partial charge in [0.15, 0.2) is 0 Å². The molecule has 0 aromatic heterocycles. The van der Waals surface area contributed by atoms with Gasteiger partial charge in [-0.05, 0) is 87.8 Å². The van der Waals surface area contributed by atoms with E-state index in [1.807, 2.05) is 62.4 Å². The highest BCUT2D eigenvalue weighted by Crippen LogP contribution is 2.26. The second kappa shape index (κ2) is 19.5. The first-order valence-electron chi connectivity index (χ1n) is 17.8. The van der Waals surface area contributed by atoms with Gasteiger partial charge in [0, 0.05) is 36.1 Å². The Hall–Kier alpha value is -4.34. The molecule has 0 radical (unpaired) electrons. The van der Waals surface area contributed by atoms with Crippen molar-refractivity contribution in [2.45, 2.75) is 117 Å². The molecule has 2 aromatic carbocycles. The molecule has 10 heteroatoms. The summed E-state index contributed by atoms with van der Waals surface area (Å²) in [6.07, 6.45) is 14.6. The largest absolute Gasteiger partial charge is 0.326 e. The fourth-order valence-electron chi connectivity index (χ4n) is 6.27. The van der Waals surface area contributed by atoms with Gasteiger partial charge in [0.25, 0.3) is 0 Å². The van der Waals surface area contributed by atoms with E-state index in [2.05, 4.69) is 31.7 Å². The molecule has 2 aromatic rings. The van der Waals surface area contributed by atoms with E-state index in [9.17, 15) is 19.2 Å². The van der Waals surface area contributed by atoms with Gasteiger partial charge in [-0.15, -0.1) is 0 Å². The minimum atomic E-state index is -0.145. The molecular formula is C38H52N6O4. The second-order valence-corrected chi connectivity index (χ2v) is 13.2. The minimum absolute atomic E-state index is 0.0966. The highest BCUT2D eigenvalue weighted by Gasteiger charge is 2.22. The lowest BCUT2D eigenvalue weighted by molar-refractivity contribution is -0.122. The van der Waals surface area contributed by atoms with Crippen LogP contribution >= 0.6 is 0 Å². The van der Waals surface area contributed by atoms with E-state index >= 15 is 0 Å². The van der Waals surface area contributed by atoms with Crippen LogP contribution < -0.4 is 21.5 Å². The Balaban J connectivity index is 1.06. The molecule has 2 saturated carbocycles. The number of amides is 4. The number of hydrogen-bond donors (Lipinski definition) is 4. The monoisotopic (exact) mass is 656 g/mol.